The van der Waals surface area contributed by atoms with E-state index >= 15 is 0 Å². The number of hydrogen-bond donors (Lipinski definition) is 1. The highest BCUT2D eigenvalue weighted by Crippen LogP contribution is 2.22. The zero-order valence-electron chi connectivity index (χ0n) is 12.5. The number of aryl methyl sites for hydroxylation is 1. The molecule has 1 amide bonds. The van der Waals surface area contributed by atoms with Crippen LogP contribution in [0.5, 0.6) is 5.75 Å². The predicted octanol–water partition coefficient (Wildman–Crippen LogP) is 3.32. The van der Waals surface area contributed by atoms with Crippen LogP contribution in [0, 0.1) is 0 Å². The number of fused-ring (bicyclic) bond motifs is 1. The Bertz CT molecular complexity index is 824. The normalized spacial score (nSPS) is 10.6. The number of para-hydroxylation sites is 3. The topological polar surface area (TPSA) is 56.2 Å². The number of carbonyl (C=O) groups excluding carboxylic acids is 1. The van der Waals surface area contributed by atoms with Crippen LogP contribution in [-0.2, 0) is 6.54 Å². The number of hydrogen-bond acceptors (Lipinski definition) is 3. The first-order chi connectivity index (χ1) is 10.7. The summed E-state index contributed by atoms with van der Waals surface area (Å²) in [6.45, 7) is 2.74. The lowest BCUT2D eigenvalue weighted by molar-refractivity contribution is 0.102. The summed E-state index contributed by atoms with van der Waals surface area (Å²) in [5.74, 6) is 0.848. The van der Waals surface area contributed by atoms with E-state index in [0.29, 0.717) is 17.3 Å². The van der Waals surface area contributed by atoms with Crippen LogP contribution in [0.3, 0.4) is 0 Å². The van der Waals surface area contributed by atoms with Gasteiger partial charge in [0.05, 0.1) is 23.7 Å². The number of anilines is 1. The van der Waals surface area contributed by atoms with Crippen LogP contribution in [0.2, 0.25) is 0 Å². The van der Waals surface area contributed by atoms with Crippen LogP contribution >= 0.6 is 0 Å². The summed E-state index contributed by atoms with van der Waals surface area (Å²) in [5.41, 5.74) is 2.35. The van der Waals surface area contributed by atoms with Crippen molar-refractivity contribution in [1.82, 2.24) is 9.55 Å². The van der Waals surface area contributed by atoms with E-state index in [-0.39, 0.29) is 5.91 Å². The van der Waals surface area contributed by atoms with E-state index < -0.39 is 0 Å². The van der Waals surface area contributed by atoms with Gasteiger partial charge < -0.3 is 9.30 Å². The van der Waals surface area contributed by atoms with Gasteiger partial charge in [0.2, 0.25) is 5.95 Å². The lowest BCUT2D eigenvalue weighted by atomic mass is 10.2. The second-order valence-electron chi connectivity index (χ2n) is 4.82. The fourth-order valence-corrected chi connectivity index (χ4v) is 2.49. The van der Waals surface area contributed by atoms with Crippen LogP contribution in [0.15, 0.2) is 48.5 Å². The Kier molecular flexibility index (Phi) is 3.78. The molecule has 0 atom stereocenters. The zero-order valence-corrected chi connectivity index (χ0v) is 12.5. The Balaban J connectivity index is 1.97. The number of amides is 1. The SMILES string of the molecule is CCn1c(NC(=O)c2ccccc2OC)nc2ccccc21. The van der Waals surface area contributed by atoms with Crippen molar-refractivity contribution in [3.63, 3.8) is 0 Å². The molecule has 3 rings (SSSR count). The Morgan fingerprint density at radius 1 is 1.18 bits per heavy atom. The van der Waals surface area contributed by atoms with Crippen molar-refractivity contribution in [2.75, 3.05) is 12.4 Å². The number of benzene rings is 2. The predicted molar refractivity (Wildman–Crippen MR) is 86.4 cm³/mol. The van der Waals surface area contributed by atoms with Gasteiger partial charge in [-0.1, -0.05) is 24.3 Å². The van der Waals surface area contributed by atoms with Crippen LogP contribution in [0.4, 0.5) is 5.95 Å². The molecule has 1 N–H and O–H groups in total. The minimum atomic E-state index is -0.234. The van der Waals surface area contributed by atoms with Crippen molar-refractivity contribution in [2.45, 2.75) is 13.5 Å². The van der Waals surface area contributed by atoms with Gasteiger partial charge in [0.15, 0.2) is 0 Å². The molecule has 1 heterocycles. The number of ether oxygens (including phenoxy) is 1. The third kappa shape index (κ3) is 2.41. The fourth-order valence-electron chi connectivity index (χ4n) is 2.49. The zero-order chi connectivity index (χ0) is 15.5. The number of carbonyl (C=O) groups is 1. The first-order valence-electron chi connectivity index (χ1n) is 7.14. The largest absolute Gasteiger partial charge is 0.496 e. The number of imidazole rings is 1. The van der Waals surface area contributed by atoms with Gasteiger partial charge in [-0.15, -0.1) is 0 Å². The van der Waals surface area contributed by atoms with Gasteiger partial charge in [-0.25, -0.2) is 4.98 Å². The quantitative estimate of drug-likeness (QED) is 0.803. The molecule has 0 radical (unpaired) electrons. The molecule has 1 aromatic heterocycles. The van der Waals surface area contributed by atoms with Gasteiger partial charge in [0, 0.05) is 6.54 Å². The van der Waals surface area contributed by atoms with Gasteiger partial charge in [-0.05, 0) is 31.2 Å². The molecule has 0 spiro atoms. The number of nitrogens with one attached hydrogen (secondary N) is 1. The average molecular weight is 295 g/mol. The van der Waals surface area contributed by atoms with Crippen molar-refractivity contribution in [3.8, 4) is 5.75 Å². The van der Waals surface area contributed by atoms with Gasteiger partial charge in [0.25, 0.3) is 5.91 Å². The van der Waals surface area contributed by atoms with E-state index in [1.54, 1.807) is 25.3 Å². The van der Waals surface area contributed by atoms with Crippen molar-refractivity contribution in [1.29, 1.82) is 0 Å². The van der Waals surface area contributed by atoms with Gasteiger partial charge in [-0.2, -0.15) is 0 Å². The third-order valence-corrected chi connectivity index (χ3v) is 3.55. The average Bonchev–Trinajstić information content (AvgIpc) is 2.91. The minimum absolute atomic E-state index is 0.234. The molecule has 0 saturated heterocycles. The maximum absolute atomic E-state index is 12.5. The van der Waals surface area contributed by atoms with Gasteiger partial charge in [-0.3, -0.25) is 10.1 Å². The number of methoxy groups -OCH3 is 1. The lowest BCUT2D eigenvalue weighted by Crippen LogP contribution is -2.16. The van der Waals surface area contributed by atoms with E-state index in [1.807, 2.05) is 41.8 Å². The molecule has 5 heteroatoms. The second kappa shape index (κ2) is 5.89. The molecule has 0 bridgehead atoms. The first-order valence-corrected chi connectivity index (χ1v) is 7.14. The summed E-state index contributed by atoms with van der Waals surface area (Å²) in [5, 5.41) is 2.87. The molecule has 0 unspecified atom stereocenters. The van der Waals surface area contributed by atoms with Crippen molar-refractivity contribution in [2.24, 2.45) is 0 Å². The molecule has 22 heavy (non-hydrogen) atoms. The monoisotopic (exact) mass is 295 g/mol. The molecule has 3 aromatic rings. The highest BCUT2D eigenvalue weighted by atomic mass is 16.5. The summed E-state index contributed by atoms with van der Waals surface area (Å²) in [6, 6.07) is 14.9. The second-order valence-corrected chi connectivity index (χ2v) is 4.82. The molecule has 2 aromatic carbocycles. The van der Waals surface area contributed by atoms with E-state index in [2.05, 4.69) is 10.3 Å². The third-order valence-electron chi connectivity index (χ3n) is 3.55. The summed E-state index contributed by atoms with van der Waals surface area (Å²) in [4.78, 5) is 17.0. The Labute approximate surface area is 128 Å². The fraction of sp³-hybridized carbons (Fsp3) is 0.176. The molecule has 0 fully saturated rings. The molecule has 112 valence electrons. The van der Waals surface area contributed by atoms with Crippen molar-refractivity contribution >= 4 is 22.9 Å². The van der Waals surface area contributed by atoms with Crippen LogP contribution in [-0.4, -0.2) is 22.6 Å². The van der Waals surface area contributed by atoms with E-state index in [9.17, 15) is 4.79 Å². The molecular weight excluding hydrogens is 278 g/mol. The highest BCUT2D eigenvalue weighted by molar-refractivity contribution is 6.06. The maximum atomic E-state index is 12.5. The van der Waals surface area contributed by atoms with E-state index in [1.165, 1.54) is 0 Å². The van der Waals surface area contributed by atoms with Gasteiger partial charge >= 0.3 is 0 Å². The van der Waals surface area contributed by atoms with E-state index in [0.717, 1.165) is 17.6 Å². The Morgan fingerprint density at radius 2 is 1.91 bits per heavy atom. The number of aromatic nitrogens is 2. The molecule has 0 aliphatic heterocycles. The van der Waals surface area contributed by atoms with Crippen molar-refractivity contribution < 1.29 is 9.53 Å². The van der Waals surface area contributed by atoms with Gasteiger partial charge in [0.1, 0.15) is 5.75 Å². The molecule has 0 saturated carbocycles. The van der Waals surface area contributed by atoms with Crippen LogP contribution in [0.1, 0.15) is 17.3 Å². The Morgan fingerprint density at radius 3 is 2.68 bits per heavy atom. The summed E-state index contributed by atoms with van der Waals surface area (Å²) < 4.78 is 7.21. The number of nitrogens with zero attached hydrogens (tertiary/aromatic N) is 2. The van der Waals surface area contributed by atoms with E-state index in [4.69, 9.17) is 4.74 Å². The Hall–Kier alpha value is -2.82. The molecular formula is C17H17N3O2. The van der Waals surface area contributed by atoms with Crippen LogP contribution in [0.25, 0.3) is 11.0 Å². The lowest BCUT2D eigenvalue weighted by Gasteiger charge is -2.10. The smallest absolute Gasteiger partial charge is 0.261 e. The summed E-state index contributed by atoms with van der Waals surface area (Å²) in [6.07, 6.45) is 0. The summed E-state index contributed by atoms with van der Waals surface area (Å²) >= 11 is 0. The van der Waals surface area contributed by atoms with Crippen molar-refractivity contribution in [3.05, 3.63) is 54.1 Å². The first kappa shape index (κ1) is 14.1. The molecule has 0 aliphatic rings. The summed E-state index contributed by atoms with van der Waals surface area (Å²) in [7, 11) is 1.55. The maximum Gasteiger partial charge on any atom is 0.261 e. The minimum Gasteiger partial charge on any atom is -0.496 e. The van der Waals surface area contributed by atoms with Crippen LogP contribution < -0.4 is 10.1 Å². The molecule has 0 aliphatic carbocycles. The standard InChI is InChI=1S/C17H17N3O2/c1-3-20-14-10-6-5-9-13(14)18-17(20)19-16(21)12-8-4-7-11-15(12)22-2/h4-11H,3H2,1-2H3,(H,18,19,21). The number of rotatable bonds is 4. The highest BCUT2D eigenvalue weighted by Gasteiger charge is 2.16. The molecule has 5 nitrogen and oxygen atoms in total.